The van der Waals surface area contributed by atoms with E-state index >= 15 is 0 Å². The Kier molecular flexibility index (Phi) is 8.83. The summed E-state index contributed by atoms with van der Waals surface area (Å²) in [6.45, 7) is 0. The highest BCUT2D eigenvalue weighted by Gasteiger charge is 2.21. The first-order chi connectivity index (χ1) is 31.3. The van der Waals surface area contributed by atoms with Gasteiger partial charge in [0, 0.05) is 49.6 Å². The number of nitrogens with zero attached hydrogens (tertiary/aromatic N) is 2. The minimum Gasteiger partial charge on any atom is -0.455 e. The first-order valence-corrected chi connectivity index (χ1v) is 21.5. The molecule has 0 radical (unpaired) electrons. The smallest absolute Gasteiger partial charge is 0.143 e. The molecular weight excluding hydrogens is 765 g/mol. The molecule has 0 amide bonds. The molecular formula is C60H40N2O. The van der Waals surface area contributed by atoms with Crippen LogP contribution in [0.4, 0.5) is 17.1 Å². The summed E-state index contributed by atoms with van der Waals surface area (Å²) < 4.78 is 9.01. The van der Waals surface area contributed by atoms with Gasteiger partial charge in [0.1, 0.15) is 11.2 Å². The standard InChI is InChI=1S/C60H40N2O/c1-2-16-41(17-3-1)42-32-36-46(37-33-42)61(56-28-10-7-23-51(56)53-25-15-26-54-52-24-8-13-31-59(52)63-60(53)54)47-38-34-43(35-39-47)44-18-14-19-45(40-44)48-20-4-9-27-55(48)62-57-29-11-5-21-49(57)50-22-6-12-30-58(50)62/h1-40H. The largest absolute Gasteiger partial charge is 0.455 e. The Hall–Kier alpha value is -8.40. The van der Waals surface area contributed by atoms with Gasteiger partial charge in [0.15, 0.2) is 0 Å². The van der Waals surface area contributed by atoms with Crippen molar-refractivity contribution in [2.45, 2.75) is 0 Å². The van der Waals surface area contributed by atoms with Crippen molar-refractivity contribution in [1.29, 1.82) is 0 Å². The normalized spacial score (nSPS) is 11.5. The lowest BCUT2D eigenvalue weighted by molar-refractivity contribution is 0.670. The van der Waals surface area contributed by atoms with Crippen LogP contribution in [0, 0.1) is 0 Å². The molecule has 0 fully saturated rings. The molecule has 296 valence electrons. The molecule has 0 aliphatic heterocycles. The minimum absolute atomic E-state index is 0.889. The molecule has 0 aliphatic carbocycles. The summed E-state index contributed by atoms with van der Waals surface area (Å²) in [5.74, 6) is 0. The maximum absolute atomic E-state index is 6.60. The van der Waals surface area contributed by atoms with Gasteiger partial charge in [-0.25, -0.2) is 0 Å². The highest BCUT2D eigenvalue weighted by Crippen LogP contribution is 2.45. The Morgan fingerprint density at radius 1 is 0.317 bits per heavy atom. The second-order valence-electron chi connectivity index (χ2n) is 16.1. The Labute approximate surface area is 366 Å². The van der Waals surface area contributed by atoms with E-state index in [9.17, 15) is 0 Å². The van der Waals surface area contributed by atoms with Crippen molar-refractivity contribution < 1.29 is 4.42 Å². The predicted molar refractivity (Wildman–Crippen MR) is 264 cm³/mol. The van der Waals surface area contributed by atoms with Gasteiger partial charge in [-0.15, -0.1) is 0 Å². The van der Waals surface area contributed by atoms with Gasteiger partial charge in [-0.05, 0) is 88.5 Å². The molecule has 0 atom stereocenters. The molecule has 2 heterocycles. The molecule has 2 aromatic heterocycles. The summed E-state index contributed by atoms with van der Waals surface area (Å²) in [7, 11) is 0. The number of anilines is 3. The van der Waals surface area contributed by atoms with E-state index in [4.69, 9.17) is 4.42 Å². The Bertz CT molecular complexity index is 3560. The van der Waals surface area contributed by atoms with Crippen LogP contribution in [0.3, 0.4) is 0 Å². The fraction of sp³-hybridized carbons (Fsp3) is 0. The maximum atomic E-state index is 6.60. The third kappa shape index (κ3) is 6.29. The zero-order chi connectivity index (χ0) is 41.7. The summed E-state index contributed by atoms with van der Waals surface area (Å²) >= 11 is 0. The number of aromatic nitrogens is 1. The SMILES string of the molecule is c1ccc(-c2ccc(N(c3ccc(-c4cccc(-c5ccccc5-n5c6ccccc6c6ccccc65)c4)cc3)c3ccccc3-c3cccc4c3oc3ccccc34)cc2)cc1. The van der Waals surface area contributed by atoms with Crippen molar-refractivity contribution in [2.75, 3.05) is 4.90 Å². The first-order valence-electron chi connectivity index (χ1n) is 21.5. The fourth-order valence-corrected chi connectivity index (χ4v) is 9.48. The van der Waals surface area contributed by atoms with Crippen LogP contribution in [0.5, 0.6) is 0 Å². The van der Waals surface area contributed by atoms with Gasteiger partial charge in [0.2, 0.25) is 0 Å². The Morgan fingerprint density at radius 2 is 0.810 bits per heavy atom. The number of hydrogen-bond donors (Lipinski definition) is 0. The van der Waals surface area contributed by atoms with Crippen LogP contribution in [0.2, 0.25) is 0 Å². The van der Waals surface area contributed by atoms with E-state index in [-0.39, 0.29) is 0 Å². The second kappa shape index (κ2) is 15.3. The molecule has 0 saturated heterocycles. The molecule has 63 heavy (non-hydrogen) atoms. The van der Waals surface area contributed by atoms with Gasteiger partial charge in [0.05, 0.1) is 22.4 Å². The zero-order valence-corrected chi connectivity index (χ0v) is 34.4. The third-order valence-electron chi connectivity index (χ3n) is 12.4. The maximum Gasteiger partial charge on any atom is 0.143 e. The molecule has 0 unspecified atom stereocenters. The number of benzene rings is 10. The number of furan rings is 1. The molecule has 3 nitrogen and oxygen atoms in total. The number of fused-ring (bicyclic) bond motifs is 6. The number of hydrogen-bond acceptors (Lipinski definition) is 2. The number of para-hydroxylation sites is 6. The van der Waals surface area contributed by atoms with Crippen molar-refractivity contribution in [2.24, 2.45) is 0 Å². The average molecular weight is 805 g/mol. The summed E-state index contributed by atoms with van der Waals surface area (Å²) in [6, 6.07) is 87.0. The lowest BCUT2D eigenvalue weighted by atomic mass is 9.97. The Balaban J connectivity index is 0.961. The van der Waals surface area contributed by atoms with Crippen molar-refractivity contribution in [3.8, 4) is 50.2 Å². The van der Waals surface area contributed by atoms with Crippen molar-refractivity contribution in [1.82, 2.24) is 4.57 Å². The molecule has 0 saturated carbocycles. The van der Waals surface area contributed by atoms with Crippen molar-refractivity contribution in [3.05, 3.63) is 243 Å². The third-order valence-corrected chi connectivity index (χ3v) is 12.4. The van der Waals surface area contributed by atoms with Gasteiger partial charge in [0.25, 0.3) is 0 Å². The van der Waals surface area contributed by atoms with E-state index in [1.807, 2.05) is 12.1 Å². The summed E-state index contributed by atoms with van der Waals surface area (Å²) in [5, 5.41) is 4.75. The molecule has 12 aromatic rings. The van der Waals surface area contributed by atoms with Crippen molar-refractivity contribution in [3.63, 3.8) is 0 Å². The van der Waals surface area contributed by atoms with Crippen LogP contribution in [0.15, 0.2) is 247 Å². The highest BCUT2D eigenvalue weighted by atomic mass is 16.3. The minimum atomic E-state index is 0.889. The first kappa shape index (κ1) is 36.5. The Morgan fingerprint density at radius 3 is 1.54 bits per heavy atom. The van der Waals surface area contributed by atoms with Gasteiger partial charge in [-0.1, -0.05) is 182 Å². The van der Waals surface area contributed by atoms with Crippen molar-refractivity contribution >= 4 is 60.8 Å². The lowest BCUT2D eigenvalue weighted by Crippen LogP contribution is -2.11. The fourth-order valence-electron chi connectivity index (χ4n) is 9.48. The summed E-state index contributed by atoms with van der Waals surface area (Å²) in [6.07, 6.45) is 0. The van der Waals surface area contributed by atoms with Gasteiger partial charge in [-0.3, -0.25) is 0 Å². The molecule has 12 rings (SSSR count). The summed E-state index contributed by atoms with van der Waals surface area (Å²) in [5.41, 5.74) is 17.7. The predicted octanol–water partition coefficient (Wildman–Crippen LogP) is 16.8. The molecule has 0 bridgehead atoms. The van der Waals surface area contributed by atoms with E-state index in [0.717, 1.165) is 66.9 Å². The van der Waals surface area contributed by atoms with E-state index in [1.54, 1.807) is 0 Å². The molecule has 0 N–H and O–H groups in total. The molecule has 0 aliphatic rings. The van der Waals surface area contributed by atoms with Gasteiger partial charge in [-0.2, -0.15) is 0 Å². The topological polar surface area (TPSA) is 21.3 Å². The van der Waals surface area contributed by atoms with Gasteiger partial charge < -0.3 is 13.9 Å². The number of rotatable bonds is 8. The van der Waals surface area contributed by atoms with Gasteiger partial charge >= 0.3 is 0 Å². The quantitative estimate of drug-likeness (QED) is 0.153. The van der Waals surface area contributed by atoms with E-state index in [2.05, 4.69) is 240 Å². The van der Waals surface area contributed by atoms with E-state index in [1.165, 1.54) is 44.1 Å². The van der Waals surface area contributed by atoms with Crippen LogP contribution in [0.1, 0.15) is 0 Å². The molecule has 3 heteroatoms. The van der Waals surface area contributed by atoms with Crippen LogP contribution in [-0.4, -0.2) is 4.57 Å². The highest BCUT2D eigenvalue weighted by molar-refractivity contribution is 6.11. The molecule has 10 aromatic carbocycles. The van der Waals surface area contributed by atoms with E-state index < -0.39 is 0 Å². The monoisotopic (exact) mass is 804 g/mol. The average Bonchev–Trinajstić information content (AvgIpc) is 3.91. The second-order valence-corrected chi connectivity index (χ2v) is 16.1. The van der Waals surface area contributed by atoms with Crippen LogP contribution in [0.25, 0.3) is 93.9 Å². The summed E-state index contributed by atoms with van der Waals surface area (Å²) in [4.78, 5) is 2.37. The zero-order valence-electron chi connectivity index (χ0n) is 34.4. The van der Waals surface area contributed by atoms with Crippen LogP contribution < -0.4 is 4.90 Å². The van der Waals surface area contributed by atoms with Crippen LogP contribution >= 0.6 is 0 Å². The van der Waals surface area contributed by atoms with Crippen LogP contribution in [-0.2, 0) is 0 Å². The van der Waals surface area contributed by atoms with E-state index in [0.29, 0.717) is 0 Å². The molecule has 0 spiro atoms. The lowest BCUT2D eigenvalue weighted by Gasteiger charge is -2.28.